The van der Waals surface area contributed by atoms with E-state index in [-0.39, 0.29) is 5.56 Å². The Labute approximate surface area is 116 Å². The van der Waals surface area contributed by atoms with Crippen LogP contribution >= 0.6 is 0 Å². The Morgan fingerprint density at radius 3 is 2.20 bits per heavy atom. The number of hydrogen-bond donors (Lipinski definition) is 3. The quantitative estimate of drug-likeness (QED) is 0.575. The van der Waals surface area contributed by atoms with E-state index in [9.17, 15) is 4.79 Å². The van der Waals surface area contributed by atoms with Crippen molar-refractivity contribution in [3.05, 3.63) is 65.2 Å². The van der Waals surface area contributed by atoms with Crippen molar-refractivity contribution in [2.24, 2.45) is 0 Å². The van der Waals surface area contributed by atoms with Crippen LogP contribution in [0.4, 0.5) is 0 Å². The van der Waals surface area contributed by atoms with Crippen LogP contribution in [0, 0.1) is 0 Å². The van der Waals surface area contributed by atoms with Gasteiger partial charge in [-0.15, -0.1) is 0 Å². The molecule has 0 radical (unpaired) electrons. The van der Waals surface area contributed by atoms with E-state index in [2.05, 4.69) is 0 Å². The number of aromatic carboxylic acids is 1. The maximum atomic E-state index is 10.9. The Bertz CT molecular complexity index is 633. The third-order valence-corrected chi connectivity index (χ3v) is 2.84. The van der Waals surface area contributed by atoms with Gasteiger partial charge in [-0.1, -0.05) is 48.6 Å². The summed E-state index contributed by atoms with van der Waals surface area (Å²) in [6.07, 6.45) is 3.63. The average molecular weight is 268 g/mol. The molecule has 20 heavy (non-hydrogen) atoms. The highest BCUT2D eigenvalue weighted by molar-refractivity contribution is 6.58. The molecule has 2 aromatic carbocycles. The molecule has 0 atom stereocenters. The molecule has 2 rings (SSSR count). The molecular weight excluding hydrogens is 255 g/mol. The number of rotatable bonds is 4. The summed E-state index contributed by atoms with van der Waals surface area (Å²) in [5, 5.41) is 26.9. The zero-order chi connectivity index (χ0) is 14.5. The number of hydrogen-bond acceptors (Lipinski definition) is 3. The van der Waals surface area contributed by atoms with Gasteiger partial charge in [0.1, 0.15) is 0 Å². The average Bonchev–Trinajstić information content (AvgIpc) is 2.46. The third kappa shape index (κ3) is 3.57. The fourth-order valence-electron chi connectivity index (χ4n) is 1.75. The maximum Gasteiger partial charge on any atom is 0.488 e. The Balaban J connectivity index is 2.16. The van der Waals surface area contributed by atoms with Gasteiger partial charge in [-0.3, -0.25) is 0 Å². The van der Waals surface area contributed by atoms with E-state index < -0.39 is 13.1 Å². The molecular formula is C15H13BO4. The van der Waals surface area contributed by atoms with E-state index in [4.69, 9.17) is 15.2 Å². The van der Waals surface area contributed by atoms with Crippen molar-refractivity contribution in [1.82, 2.24) is 0 Å². The summed E-state index contributed by atoms with van der Waals surface area (Å²) in [5.41, 5.74) is 2.34. The summed E-state index contributed by atoms with van der Waals surface area (Å²) in [6.45, 7) is 0. The largest absolute Gasteiger partial charge is 0.488 e. The second kappa shape index (κ2) is 6.19. The first kappa shape index (κ1) is 14.1. The van der Waals surface area contributed by atoms with Gasteiger partial charge in [0.2, 0.25) is 0 Å². The van der Waals surface area contributed by atoms with Gasteiger partial charge in [-0.2, -0.15) is 0 Å². The highest BCUT2D eigenvalue weighted by atomic mass is 16.4. The normalized spacial score (nSPS) is 10.7. The van der Waals surface area contributed by atoms with Gasteiger partial charge in [0.25, 0.3) is 0 Å². The standard InChI is InChI=1S/C15H13BO4/c17-15(18)13-3-1-2-12(10-13)5-4-11-6-8-14(9-7-11)16(19)20/h1-10,19-20H,(H,17,18)/b5-4+. The first-order valence-electron chi connectivity index (χ1n) is 6.04. The number of carboxylic acids is 1. The van der Waals surface area contributed by atoms with Crippen LogP contribution in [0.3, 0.4) is 0 Å². The lowest BCUT2D eigenvalue weighted by molar-refractivity contribution is 0.0697. The van der Waals surface area contributed by atoms with E-state index in [0.717, 1.165) is 11.1 Å². The van der Waals surface area contributed by atoms with Crippen molar-refractivity contribution in [2.45, 2.75) is 0 Å². The molecule has 0 amide bonds. The minimum Gasteiger partial charge on any atom is -0.478 e. The van der Waals surface area contributed by atoms with Gasteiger partial charge in [-0.25, -0.2) is 4.79 Å². The lowest BCUT2D eigenvalue weighted by Gasteiger charge is -2.00. The van der Waals surface area contributed by atoms with Gasteiger partial charge in [0.05, 0.1) is 5.56 Å². The van der Waals surface area contributed by atoms with E-state index in [0.29, 0.717) is 5.46 Å². The third-order valence-electron chi connectivity index (χ3n) is 2.84. The second-order valence-corrected chi connectivity index (χ2v) is 4.30. The summed E-state index contributed by atoms with van der Waals surface area (Å²) >= 11 is 0. The summed E-state index contributed by atoms with van der Waals surface area (Å²) in [7, 11) is -1.47. The van der Waals surface area contributed by atoms with Crippen LogP contribution in [0.5, 0.6) is 0 Å². The zero-order valence-corrected chi connectivity index (χ0v) is 10.6. The van der Waals surface area contributed by atoms with E-state index in [1.165, 1.54) is 6.07 Å². The predicted molar refractivity (Wildman–Crippen MR) is 78.6 cm³/mol. The monoisotopic (exact) mass is 268 g/mol. The minimum atomic E-state index is -1.47. The van der Waals surface area contributed by atoms with E-state index in [1.54, 1.807) is 42.5 Å². The Morgan fingerprint density at radius 2 is 1.60 bits per heavy atom. The molecule has 2 aromatic rings. The van der Waals surface area contributed by atoms with Crippen molar-refractivity contribution >= 4 is 30.7 Å². The number of benzene rings is 2. The molecule has 0 aliphatic carbocycles. The van der Waals surface area contributed by atoms with Gasteiger partial charge in [-0.05, 0) is 28.7 Å². The van der Waals surface area contributed by atoms with Gasteiger partial charge in [0, 0.05) is 0 Å². The molecule has 4 nitrogen and oxygen atoms in total. The molecule has 0 aliphatic rings. The predicted octanol–water partition coefficient (Wildman–Crippen LogP) is 1.23. The zero-order valence-electron chi connectivity index (χ0n) is 10.6. The van der Waals surface area contributed by atoms with Gasteiger partial charge >= 0.3 is 13.1 Å². The van der Waals surface area contributed by atoms with Gasteiger partial charge < -0.3 is 15.2 Å². The summed E-state index contributed by atoms with van der Waals surface area (Å²) in [4.78, 5) is 10.9. The van der Waals surface area contributed by atoms with E-state index >= 15 is 0 Å². The fourth-order valence-corrected chi connectivity index (χ4v) is 1.75. The Hall–Kier alpha value is -2.37. The molecule has 0 heterocycles. The Morgan fingerprint density at radius 1 is 0.950 bits per heavy atom. The lowest BCUT2D eigenvalue weighted by atomic mass is 9.80. The Kier molecular flexibility index (Phi) is 4.35. The molecule has 0 saturated heterocycles. The second-order valence-electron chi connectivity index (χ2n) is 4.30. The lowest BCUT2D eigenvalue weighted by Crippen LogP contribution is -2.29. The first-order chi connectivity index (χ1) is 9.56. The minimum absolute atomic E-state index is 0.242. The van der Waals surface area contributed by atoms with Crippen LogP contribution in [0.1, 0.15) is 21.5 Å². The molecule has 3 N–H and O–H groups in total. The van der Waals surface area contributed by atoms with Crippen LogP contribution in [0.2, 0.25) is 0 Å². The molecule has 0 saturated carbocycles. The van der Waals surface area contributed by atoms with Crippen molar-refractivity contribution in [3.63, 3.8) is 0 Å². The molecule has 100 valence electrons. The SMILES string of the molecule is O=C(O)c1cccc(/C=C/c2ccc(B(O)O)cc2)c1. The smallest absolute Gasteiger partial charge is 0.478 e. The molecule has 0 fully saturated rings. The molecule has 0 bridgehead atoms. The number of carboxylic acid groups (broad SMARTS) is 1. The summed E-state index contributed by atoms with van der Waals surface area (Å²) in [5.74, 6) is -0.957. The number of carbonyl (C=O) groups is 1. The molecule has 0 aromatic heterocycles. The molecule has 0 spiro atoms. The van der Waals surface area contributed by atoms with E-state index in [1.807, 2.05) is 12.1 Å². The highest BCUT2D eigenvalue weighted by Gasteiger charge is 2.08. The van der Waals surface area contributed by atoms with Crippen LogP contribution < -0.4 is 5.46 Å². The van der Waals surface area contributed by atoms with Gasteiger partial charge in [0.15, 0.2) is 0 Å². The van der Waals surface area contributed by atoms with Crippen LogP contribution in [0.15, 0.2) is 48.5 Å². The summed E-state index contributed by atoms with van der Waals surface area (Å²) in [6, 6.07) is 13.4. The van der Waals surface area contributed by atoms with Crippen LogP contribution in [0.25, 0.3) is 12.2 Å². The first-order valence-corrected chi connectivity index (χ1v) is 6.04. The van der Waals surface area contributed by atoms with Crippen LogP contribution in [-0.4, -0.2) is 28.2 Å². The fraction of sp³-hybridized carbons (Fsp3) is 0. The topological polar surface area (TPSA) is 77.8 Å². The van der Waals surface area contributed by atoms with Crippen molar-refractivity contribution in [2.75, 3.05) is 0 Å². The molecule has 0 aliphatic heterocycles. The van der Waals surface area contributed by atoms with Crippen molar-refractivity contribution in [1.29, 1.82) is 0 Å². The molecule has 5 heteroatoms. The van der Waals surface area contributed by atoms with Crippen LogP contribution in [-0.2, 0) is 0 Å². The van der Waals surface area contributed by atoms with Crippen molar-refractivity contribution < 1.29 is 19.9 Å². The highest BCUT2D eigenvalue weighted by Crippen LogP contribution is 2.10. The summed E-state index contributed by atoms with van der Waals surface area (Å²) < 4.78 is 0. The molecule has 0 unspecified atom stereocenters. The van der Waals surface area contributed by atoms with Crippen molar-refractivity contribution in [3.8, 4) is 0 Å². The maximum absolute atomic E-state index is 10.9.